The van der Waals surface area contributed by atoms with E-state index < -0.39 is 6.10 Å². The Balaban J connectivity index is 0.00000140. The molecule has 0 bridgehead atoms. The Kier molecular flexibility index (Phi) is 7.47. The van der Waals surface area contributed by atoms with E-state index in [0.717, 1.165) is 48.8 Å². The van der Waals surface area contributed by atoms with Gasteiger partial charge in [-0.25, -0.2) is 14.6 Å². The van der Waals surface area contributed by atoms with Gasteiger partial charge in [0, 0.05) is 37.3 Å². The van der Waals surface area contributed by atoms with Crippen molar-refractivity contribution in [3.8, 4) is 17.2 Å². The molecule has 1 aliphatic heterocycles. The van der Waals surface area contributed by atoms with E-state index in [4.69, 9.17) is 16.6 Å². The van der Waals surface area contributed by atoms with Gasteiger partial charge < -0.3 is 15.0 Å². The van der Waals surface area contributed by atoms with Crippen LogP contribution in [0.1, 0.15) is 30.2 Å². The number of halogens is 3. The summed E-state index contributed by atoms with van der Waals surface area (Å²) in [5.74, 6) is 2.00. The third-order valence-corrected chi connectivity index (χ3v) is 4.95. The lowest BCUT2D eigenvalue weighted by Crippen LogP contribution is -2.17. The van der Waals surface area contributed by atoms with Gasteiger partial charge in [-0.15, -0.1) is 29.9 Å². The molecule has 7 nitrogen and oxygen atoms in total. The molecular formula is C18H23Cl3N6O. The second-order valence-electron chi connectivity index (χ2n) is 6.55. The van der Waals surface area contributed by atoms with Crippen LogP contribution in [0.5, 0.6) is 0 Å². The van der Waals surface area contributed by atoms with Gasteiger partial charge in [0.1, 0.15) is 17.6 Å². The van der Waals surface area contributed by atoms with Crippen molar-refractivity contribution in [1.29, 1.82) is 0 Å². The monoisotopic (exact) mass is 444 g/mol. The molecule has 1 aliphatic rings. The van der Waals surface area contributed by atoms with E-state index in [1.165, 1.54) is 0 Å². The summed E-state index contributed by atoms with van der Waals surface area (Å²) in [5.41, 5.74) is 2.53. The first-order chi connectivity index (χ1) is 12.5. The average molecular weight is 446 g/mol. The van der Waals surface area contributed by atoms with Crippen molar-refractivity contribution in [2.24, 2.45) is 0 Å². The lowest BCUT2D eigenvalue weighted by atomic mass is 10.2. The van der Waals surface area contributed by atoms with Crippen molar-refractivity contribution in [1.82, 2.24) is 29.6 Å². The van der Waals surface area contributed by atoms with E-state index in [9.17, 15) is 5.11 Å². The molecule has 2 aromatic heterocycles. The highest BCUT2D eigenvalue weighted by atomic mass is 35.5. The minimum Gasteiger partial charge on any atom is -0.385 e. The first-order valence-electron chi connectivity index (χ1n) is 8.71. The summed E-state index contributed by atoms with van der Waals surface area (Å²) in [6.45, 7) is 6.31. The van der Waals surface area contributed by atoms with Gasteiger partial charge in [-0.05, 0) is 31.5 Å². The van der Waals surface area contributed by atoms with Crippen LogP contribution < -0.4 is 5.32 Å². The van der Waals surface area contributed by atoms with Gasteiger partial charge in [-0.3, -0.25) is 0 Å². The highest BCUT2D eigenvalue weighted by Gasteiger charge is 2.21. The van der Waals surface area contributed by atoms with Gasteiger partial charge in [0.25, 0.3) is 0 Å². The Morgan fingerprint density at radius 1 is 1.21 bits per heavy atom. The maximum atomic E-state index is 9.96. The molecule has 0 spiro atoms. The molecule has 1 unspecified atom stereocenters. The predicted octanol–water partition coefficient (Wildman–Crippen LogP) is 3.14. The van der Waals surface area contributed by atoms with E-state index in [2.05, 4.69) is 20.0 Å². The number of aliphatic hydroxyl groups is 1. The molecule has 28 heavy (non-hydrogen) atoms. The standard InChI is InChI=1S/C18H21ClN6O.2ClH/c1-11-3-4-13(9-14(11)19)25-18(22-17(23-25)12(2)26)15-10-24-8-7-20-6-5-16(24)21-15;;/h3-4,9-10,12,20,26H,5-8H2,1-2H3;2*1H. The lowest BCUT2D eigenvalue weighted by molar-refractivity contribution is 0.189. The van der Waals surface area contributed by atoms with Crippen molar-refractivity contribution in [2.45, 2.75) is 32.9 Å². The van der Waals surface area contributed by atoms with Crippen molar-refractivity contribution in [2.75, 3.05) is 13.1 Å². The molecule has 1 aromatic carbocycles. The van der Waals surface area contributed by atoms with Crippen LogP contribution in [0.3, 0.4) is 0 Å². The van der Waals surface area contributed by atoms with Gasteiger partial charge in [0.2, 0.25) is 0 Å². The summed E-state index contributed by atoms with van der Waals surface area (Å²) < 4.78 is 3.85. The number of nitrogens with one attached hydrogen (secondary N) is 1. The quantitative estimate of drug-likeness (QED) is 0.647. The third kappa shape index (κ3) is 4.34. The molecule has 0 saturated heterocycles. The number of imidazole rings is 1. The molecule has 4 rings (SSSR count). The van der Waals surface area contributed by atoms with Gasteiger partial charge in [-0.1, -0.05) is 17.7 Å². The number of aryl methyl sites for hydroxylation is 1. The van der Waals surface area contributed by atoms with E-state index in [-0.39, 0.29) is 24.8 Å². The highest BCUT2D eigenvalue weighted by Crippen LogP contribution is 2.26. The van der Waals surface area contributed by atoms with E-state index >= 15 is 0 Å². The minimum atomic E-state index is -0.763. The van der Waals surface area contributed by atoms with Gasteiger partial charge in [0.15, 0.2) is 11.6 Å². The second kappa shape index (κ2) is 9.24. The summed E-state index contributed by atoms with van der Waals surface area (Å²) >= 11 is 6.29. The number of aliphatic hydroxyl groups excluding tert-OH is 1. The van der Waals surface area contributed by atoms with Crippen LogP contribution in [0.25, 0.3) is 17.2 Å². The molecule has 3 aromatic rings. The molecule has 0 radical (unpaired) electrons. The molecule has 0 saturated carbocycles. The molecule has 1 atom stereocenters. The number of aromatic nitrogens is 5. The van der Waals surface area contributed by atoms with Crippen LogP contribution in [0, 0.1) is 6.92 Å². The van der Waals surface area contributed by atoms with Crippen molar-refractivity contribution in [3.05, 3.63) is 46.6 Å². The molecule has 3 heterocycles. The fourth-order valence-corrected chi connectivity index (χ4v) is 3.22. The zero-order valence-corrected chi connectivity index (χ0v) is 18.0. The SMILES string of the molecule is Cc1ccc(-n2nc(C(C)O)nc2-c2cn3c(n2)CCNCC3)cc1Cl.Cl.Cl. The predicted molar refractivity (Wildman–Crippen MR) is 114 cm³/mol. The van der Waals surface area contributed by atoms with E-state index in [1.807, 2.05) is 31.3 Å². The Labute approximate surface area is 181 Å². The highest BCUT2D eigenvalue weighted by molar-refractivity contribution is 6.31. The number of nitrogens with zero attached hydrogens (tertiary/aromatic N) is 5. The largest absolute Gasteiger partial charge is 0.385 e. The van der Waals surface area contributed by atoms with E-state index in [1.54, 1.807) is 11.6 Å². The lowest BCUT2D eigenvalue weighted by Gasteiger charge is -2.06. The van der Waals surface area contributed by atoms with Gasteiger partial charge in [0.05, 0.1) is 5.69 Å². The topological polar surface area (TPSA) is 80.8 Å². The van der Waals surface area contributed by atoms with Gasteiger partial charge >= 0.3 is 0 Å². The number of hydrogen-bond acceptors (Lipinski definition) is 5. The summed E-state index contributed by atoms with van der Waals surface area (Å²) in [6, 6.07) is 5.74. The van der Waals surface area contributed by atoms with Crippen LogP contribution in [-0.4, -0.2) is 42.5 Å². The average Bonchev–Trinajstić information content (AvgIpc) is 3.16. The number of hydrogen-bond donors (Lipinski definition) is 2. The van der Waals surface area contributed by atoms with Crippen LogP contribution in [0.4, 0.5) is 0 Å². The minimum absolute atomic E-state index is 0. The Morgan fingerprint density at radius 2 is 2.00 bits per heavy atom. The first-order valence-corrected chi connectivity index (χ1v) is 9.09. The molecule has 0 aliphatic carbocycles. The summed E-state index contributed by atoms with van der Waals surface area (Å²) in [7, 11) is 0. The van der Waals surface area contributed by atoms with Gasteiger partial charge in [-0.2, -0.15) is 0 Å². The van der Waals surface area contributed by atoms with Crippen LogP contribution in [0.15, 0.2) is 24.4 Å². The smallest absolute Gasteiger partial charge is 0.183 e. The van der Waals surface area contributed by atoms with Crippen molar-refractivity contribution < 1.29 is 5.11 Å². The molecule has 0 amide bonds. The third-order valence-electron chi connectivity index (χ3n) is 4.54. The molecule has 2 N–H and O–H groups in total. The molecule has 10 heteroatoms. The molecule has 152 valence electrons. The fraction of sp³-hybridized carbons (Fsp3) is 0.389. The first kappa shape index (κ1) is 22.6. The Bertz CT molecular complexity index is 929. The second-order valence-corrected chi connectivity index (χ2v) is 6.96. The van der Waals surface area contributed by atoms with Crippen LogP contribution in [0.2, 0.25) is 5.02 Å². The number of fused-ring (bicyclic) bond motifs is 1. The van der Waals surface area contributed by atoms with Crippen LogP contribution in [-0.2, 0) is 13.0 Å². The van der Waals surface area contributed by atoms with Crippen molar-refractivity contribution >= 4 is 36.4 Å². The zero-order chi connectivity index (χ0) is 18.3. The number of rotatable bonds is 3. The molecular weight excluding hydrogens is 423 g/mol. The zero-order valence-electron chi connectivity index (χ0n) is 15.6. The Hall–Kier alpha value is -1.64. The number of benzene rings is 1. The maximum absolute atomic E-state index is 9.96. The molecule has 0 fully saturated rings. The van der Waals surface area contributed by atoms with Crippen LogP contribution >= 0.6 is 36.4 Å². The summed E-state index contributed by atoms with van der Waals surface area (Å²) in [5, 5.41) is 18.5. The normalized spacial score (nSPS) is 14.4. The Morgan fingerprint density at radius 3 is 2.71 bits per heavy atom. The summed E-state index contributed by atoms with van der Waals surface area (Å²) in [6.07, 6.45) is 2.11. The summed E-state index contributed by atoms with van der Waals surface area (Å²) in [4.78, 5) is 9.31. The maximum Gasteiger partial charge on any atom is 0.183 e. The fourth-order valence-electron chi connectivity index (χ4n) is 3.04. The van der Waals surface area contributed by atoms with Crippen molar-refractivity contribution in [3.63, 3.8) is 0 Å². The van der Waals surface area contributed by atoms with E-state index in [0.29, 0.717) is 16.7 Å².